The summed E-state index contributed by atoms with van der Waals surface area (Å²) < 4.78 is 0. The van der Waals surface area contributed by atoms with Gasteiger partial charge in [0.25, 0.3) is 0 Å². The second-order valence-electron chi connectivity index (χ2n) is 5.05. The first-order chi connectivity index (χ1) is 7.99. The lowest BCUT2D eigenvalue weighted by Crippen LogP contribution is -1.90. The number of benzene rings is 2. The molecule has 0 spiro atoms. The maximum Gasteiger partial charge on any atom is -0.0154 e. The molecule has 0 saturated carbocycles. The Morgan fingerprint density at radius 3 is 1.76 bits per heavy atom. The summed E-state index contributed by atoms with van der Waals surface area (Å²) in [5.74, 6) is 0. The van der Waals surface area contributed by atoms with Crippen LogP contribution in [0.15, 0.2) is 30.3 Å². The van der Waals surface area contributed by atoms with Crippen molar-refractivity contribution in [2.24, 2.45) is 0 Å². The molecule has 2 aromatic carbocycles. The van der Waals surface area contributed by atoms with Gasteiger partial charge in [0.1, 0.15) is 0 Å². The van der Waals surface area contributed by atoms with Crippen LogP contribution in [0.25, 0.3) is 11.1 Å². The van der Waals surface area contributed by atoms with E-state index in [1.54, 1.807) is 0 Å². The molecule has 2 rings (SSSR count). The summed E-state index contributed by atoms with van der Waals surface area (Å²) >= 11 is 0. The third-order valence-corrected chi connectivity index (χ3v) is 3.62. The summed E-state index contributed by atoms with van der Waals surface area (Å²) in [5.41, 5.74) is 9.52. The second kappa shape index (κ2) is 4.37. The van der Waals surface area contributed by atoms with E-state index in [-0.39, 0.29) is 0 Å². The van der Waals surface area contributed by atoms with Crippen LogP contribution in [0, 0.1) is 34.6 Å². The van der Waals surface area contributed by atoms with Gasteiger partial charge in [0.15, 0.2) is 0 Å². The van der Waals surface area contributed by atoms with Gasteiger partial charge in [-0.15, -0.1) is 0 Å². The highest BCUT2D eigenvalue weighted by molar-refractivity contribution is 5.69. The van der Waals surface area contributed by atoms with Gasteiger partial charge in [0.05, 0.1) is 0 Å². The number of hydrogen-bond acceptors (Lipinski definition) is 0. The predicted octanol–water partition coefficient (Wildman–Crippen LogP) is 4.90. The van der Waals surface area contributed by atoms with Crippen molar-refractivity contribution in [3.63, 3.8) is 0 Å². The molecule has 0 N–H and O–H groups in total. The summed E-state index contributed by atoms with van der Waals surface area (Å²) in [6.07, 6.45) is 0. The van der Waals surface area contributed by atoms with E-state index >= 15 is 0 Å². The minimum atomic E-state index is 1.33. The van der Waals surface area contributed by atoms with E-state index in [1.165, 1.54) is 38.9 Å². The largest absolute Gasteiger partial charge is 0.0587 e. The number of rotatable bonds is 1. The fraction of sp³-hybridized carbons (Fsp3) is 0.294. The van der Waals surface area contributed by atoms with Gasteiger partial charge >= 0.3 is 0 Å². The molecule has 17 heavy (non-hydrogen) atoms. The molecule has 0 aliphatic heterocycles. The zero-order chi connectivity index (χ0) is 12.6. The van der Waals surface area contributed by atoms with E-state index in [1.807, 2.05) is 0 Å². The van der Waals surface area contributed by atoms with Gasteiger partial charge in [-0.3, -0.25) is 0 Å². The van der Waals surface area contributed by atoms with E-state index in [0.29, 0.717) is 0 Å². The summed E-state index contributed by atoms with van der Waals surface area (Å²) in [6, 6.07) is 11.3. The van der Waals surface area contributed by atoms with E-state index < -0.39 is 0 Å². The lowest BCUT2D eigenvalue weighted by atomic mass is 9.93. The standard InChI is InChI=1S/C17H20/c1-11-6-7-17(14(4)8-11)16-9-12(2)15(5)13(3)10-16/h6-10H,1-5H3. The minimum Gasteiger partial charge on any atom is -0.0587 e. The zero-order valence-electron chi connectivity index (χ0n) is 11.4. The third kappa shape index (κ3) is 2.26. The molecule has 0 aliphatic carbocycles. The summed E-state index contributed by atoms with van der Waals surface area (Å²) in [6.45, 7) is 10.9. The monoisotopic (exact) mass is 224 g/mol. The molecule has 0 saturated heterocycles. The molecule has 0 radical (unpaired) electrons. The van der Waals surface area contributed by atoms with Gasteiger partial charge in [0, 0.05) is 0 Å². The van der Waals surface area contributed by atoms with Crippen molar-refractivity contribution in [2.45, 2.75) is 34.6 Å². The topological polar surface area (TPSA) is 0 Å². The Morgan fingerprint density at radius 2 is 1.24 bits per heavy atom. The van der Waals surface area contributed by atoms with Crippen molar-refractivity contribution in [2.75, 3.05) is 0 Å². The van der Waals surface area contributed by atoms with E-state index in [9.17, 15) is 0 Å². The SMILES string of the molecule is Cc1ccc(-c2cc(C)c(C)c(C)c2)c(C)c1. The van der Waals surface area contributed by atoms with Crippen LogP contribution in [0.4, 0.5) is 0 Å². The van der Waals surface area contributed by atoms with Crippen LogP contribution < -0.4 is 0 Å². The summed E-state index contributed by atoms with van der Waals surface area (Å²) in [5, 5.41) is 0. The summed E-state index contributed by atoms with van der Waals surface area (Å²) in [4.78, 5) is 0. The molecule has 2 aromatic rings. The van der Waals surface area contributed by atoms with E-state index in [0.717, 1.165) is 0 Å². The Hall–Kier alpha value is -1.56. The number of hydrogen-bond donors (Lipinski definition) is 0. The molecule has 0 unspecified atom stereocenters. The fourth-order valence-corrected chi connectivity index (χ4v) is 2.33. The van der Waals surface area contributed by atoms with Crippen LogP contribution in [-0.4, -0.2) is 0 Å². The van der Waals surface area contributed by atoms with Gasteiger partial charge in [-0.25, -0.2) is 0 Å². The fourth-order valence-electron chi connectivity index (χ4n) is 2.33. The van der Waals surface area contributed by atoms with Crippen molar-refractivity contribution < 1.29 is 0 Å². The van der Waals surface area contributed by atoms with Crippen LogP contribution in [0.2, 0.25) is 0 Å². The predicted molar refractivity (Wildman–Crippen MR) is 75.6 cm³/mol. The second-order valence-corrected chi connectivity index (χ2v) is 5.05. The Bertz CT molecular complexity index is 539. The summed E-state index contributed by atoms with van der Waals surface area (Å²) in [7, 11) is 0. The average Bonchev–Trinajstić information content (AvgIpc) is 2.25. The molecule has 0 fully saturated rings. The van der Waals surface area contributed by atoms with Gasteiger partial charge in [-0.2, -0.15) is 0 Å². The van der Waals surface area contributed by atoms with Gasteiger partial charge in [0.2, 0.25) is 0 Å². The molecule has 0 aliphatic rings. The molecule has 0 nitrogen and oxygen atoms in total. The molecule has 0 atom stereocenters. The molecular weight excluding hydrogens is 204 g/mol. The van der Waals surface area contributed by atoms with E-state index in [4.69, 9.17) is 0 Å². The quantitative estimate of drug-likeness (QED) is 0.646. The maximum absolute atomic E-state index is 2.29. The molecule has 88 valence electrons. The first kappa shape index (κ1) is 11.9. The lowest BCUT2D eigenvalue weighted by Gasteiger charge is -2.12. The van der Waals surface area contributed by atoms with Crippen molar-refractivity contribution in [1.82, 2.24) is 0 Å². The van der Waals surface area contributed by atoms with Crippen molar-refractivity contribution in [3.05, 3.63) is 58.1 Å². The van der Waals surface area contributed by atoms with Crippen LogP contribution in [0.1, 0.15) is 27.8 Å². The number of aryl methyl sites for hydroxylation is 4. The Labute approximate surface area is 104 Å². The van der Waals surface area contributed by atoms with Crippen molar-refractivity contribution in [3.8, 4) is 11.1 Å². The Kier molecular flexibility index (Phi) is 3.06. The smallest absolute Gasteiger partial charge is 0.0154 e. The molecular formula is C17H20. The van der Waals surface area contributed by atoms with Crippen molar-refractivity contribution >= 4 is 0 Å². The first-order valence-electron chi connectivity index (χ1n) is 6.14. The third-order valence-electron chi connectivity index (χ3n) is 3.62. The highest BCUT2D eigenvalue weighted by atomic mass is 14.1. The van der Waals surface area contributed by atoms with Crippen LogP contribution in [-0.2, 0) is 0 Å². The Morgan fingerprint density at radius 1 is 0.647 bits per heavy atom. The lowest BCUT2D eigenvalue weighted by molar-refractivity contribution is 1.26. The molecule has 0 aromatic heterocycles. The average molecular weight is 224 g/mol. The van der Waals surface area contributed by atoms with Gasteiger partial charge in [-0.05, 0) is 68.0 Å². The highest BCUT2D eigenvalue weighted by Gasteiger charge is 2.05. The van der Waals surface area contributed by atoms with Crippen molar-refractivity contribution in [1.29, 1.82) is 0 Å². The van der Waals surface area contributed by atoms with Gasteiger partial charge < -0.3 is 0 Å². The molecule has 0 amide bonds. The van der Waals surface area contributed by atoms with Crippen LogP contribution in [0.3, 0.4) is 0 Å². The minimum absolute atomic E-state index is 1.33. The first-order valence-corrected chi connectivity index (χ1v) is 6.14. The van der Waals surface area contributed by atoms with E-state index in [2.05, 4.69) is 65.0 Å². The molecule has 0 heteroatoms. The Balaban J connectivity index is 2.61. The maximum atomic E-state index is 2.29. The van der Waals surface area contributed by atoms with Gasteiger partial charge in [-0.1, -0.05) is 35.9 Å². The molecule has 0 heterocycles. The highest BCUT2D eigenvalue weighted by Crippen LogP contribution is 2.27. The molecule has 0 bridgehead atoms. The zero-order valence-corrected chi connectivity index (χ0v) is 11.4. The normalized spacial score (nSPS) is 10.6. The van der Waals surface area contributed by atoms with Crippen LogP contribution in [0.5, 0.6) is 0 Å². The van der Waals surface area contributed by atoms with Crippen LogP contribution >= 0.6 is 0 Å².